The molecule has 2 bridgehead atoms. The fourth-order valence-electron chi connectivity index (χ4n) is 11.9. The van der Waals surface area contributed by atoms with Gasteiger partial charge in [-0.25, -0.2) is 0 Å². The summed E-state index contributed by atoms with van der Waals surface area (Å²) in [7, 11) is 0. The SMILES string of the molecule is C=C1C[C@@]23CC[C@H]4[C@@](C)(CCC[C@@]4(C)C(=O)O[C@@H]4O[C@H](CO)[C@@H](O)[C@H](O[C@@H]5O[C@H](CO)[C@@H](O)[C@H](O)[C@H]5O)[C@H]4O[C@@H]4O[C@H](CO)[C@@H](O)[C@H](O)[C@H]4O)[C@@H]2CC[C@@H]1C3. The molecule has 55 heavy (non-hydrogen) atoms. The molecule has 17 nitrogen and oxygen atoms in total. The van der Waals surface area contributed by atoms with Crippen LogP contribution in [0.15, 0.2) is 12.2 Å². The normalized spacial score (nSPS) is 54.0. The summed E-state index contributed by atoms with van der Waals surface area (Å²) >= 11 is 0. The van der Waals surface area contributed by atoms with Crippen molar-refractivity contribution >= 4 is 5.97 Å². The van der Waals surface area contributed by atoms with E-state index in [0.717, 1.165) is 51.4 Å². The summed E-state index contributed by atoms with van der Waals surface area (Å²) in [5.74, 6) is 0.264. The van der Waals surface area contributed by atoms with E-state index >= 15 is 0 Å². The molecule has 7 rings (SSSR count). The smallest absolute Gasteiger partial charge is 0.314 e. The fourth-order valence-corrected chi connectivity index (χ4v) is 11.9. The van der Waals surface area contributed by atoms with Gasteiger partial charge in [0.2, 0.25) is 6.29 Å². The van der Waals surface area contributed by atoms with E-state index in [9.17, 15) is 55.9 Å². The van der Waals surface area contributed by atoms with Crippen molar-refractivity contribution in [2.24, 2.45) is 34.0 Å². The number of rotatable bonds is 9. The molecule has 0 aromatic rings. The molecule has 0 amide bonds. The molecule has 17 heteroatoms. The molecular weight excluding hydrogens is 728 g/mol. The van der Waals surface area contributed by atoms with Gasteiger partial charge < -0.3 is 79.5 Å². The number of esters is 1. The van der Waals surface area contributed by atoms with Crippen LogP contribution in [0.2, 0.25) is 0 Å². The molecule has 0 aromatic carbocycles. The second kappa shape index (κ2) is 15.7. The van der Waals surface area contributed by atoms with Gasteiger partial charge in [0.15, 0.2) is 18.7 Å². The van der Waals surface area contributed by atoms with E-state index in [1.165, 1.54) is 5.57 Å². The van der Waals surface area contributed by atoms with Crippen molar-refractivity contribution < 1.29 is 84.3 Å². The summed E-state index contributed by atoms with van der Waals surface area (Å²) in [5.41, 5.74) is 0.335. The maximum absolute atomic E-state index is 14.8. The lowest BCUT2D eigenvalue weighted by Gasteiger charge is -2.63. The number of carbonyl (C=O) groups excluding carboxylic acids is 1. The second-order valence-corrected chi connectivity index (χ2v) is 17.8. The molecular formula is C38H60O17. The quantitative estimate of drug-likeness (QED) is 0.0889. The average Bonchev–Trinajstić information content (AvgIpc) is 3.39. The summed E-state index contributed by atoms with van der Waals surface area (Å²) in [5, 5.41) is 105. The molecule has 0 radical (unpaired) electrons. The molecule has 4 aliphatic carbocycles. The van der Waals surface area contributed by atoms with Crippen LogP contribution in [0, 0.1) is 34.0 Å². The van der Waals surface area contributed by atoms with E-state index in [1.54, 1.807) is 0 Å². The Bertz CT molecular complexity index is 1400. The van der Waals surface area contributed by atoms with E-state index < -0.39 is 123 Å². The van der Waals surface area contributed by atoms with Crippen LogP contribution in [0.4, 0.5) is 0 Å². The number of allylic oxidation sites excluding steroid dienone is 1. The third-order valence-corrected chi connectivity index (χ3v) is 14.8. The summed E-state index contributed by atoms with van der Waals surface area (Å²) in [6, 6.07) is 0. The number of hydrogen-bond donors (Lipinski definition) is 10. The van der Waals surface area contributed by atoms with Gasteiger partial charge >= 0.3 is 5.97 Å². The minimum atomic E-state index is -1.94. The van der Waals surface area contributed by atoms with Crippen LogP contribution in [0.3, 0.4) is 0 Å². The van der Waals surface area contributed by atoms with Gasteiger partial charge in [0.1, 0.15) is 67.1 Å². The number of carbonyl (C=O) groups is 1. The third-order valence-electron chi connectivity index (χ3n) is 14.8. The van der Waals surface area contributed by atoms with Crippen LogP contribution in [-0.2, 0) is 33.2 Å². The molecule has 21 atom stereocenters. The van der Waals surface area contributed by atoms with Crippen molar-refractivity contribution in [3.63, 3.8) is 0 Å². The lowest BCUT2D eigenvalue weighted by Crippen LogP contribution is -2.67. The van der Waals surface area contributed by atoms with Crippen molar-refractivity contribution in [2.45, 2.75) is 164 Å². The Morgan fingerprint density at radius 3 is 1.80 bits per heavy atom. The van der Waals surface area contributed by atoms with Crippen LogP contribution in [0.25, 0.3) is 0 Å². The van der Waals surface area contributed by atoms with Gasteiger partial charge in [0, 0.05) is 0 Å². The van der Waals surface area contributed by atoms with Crippen LogP contribution < -0.4 is 0 Å². The van der Waals surface area contributed by atoms with Crippen molar-refractivity contribution in [3.8, 4) is 0 Å². The highest BCUT2D eigenvalue weighted by molar-refractivity contribution is 5.77. The standard InChI is InChI=1S/C38H60O17/c1-16-11-38-10-7-21-36(2,22(38)6-5-17(16)12-38)8-4-9-37(21,3)35(49)55-34-31(54-33-29(48)27(46)24(43)19(14-40)51-33)30(25(44)20(15-41)52-34)53-32-28(47)26(45)23(42)18(13-39)50-32/h17-34,39-48H,1,4-15H2,2-3H3/t17-,18-,19-,20-,21+,22+,23-,24-,25-,26+,27+,28-,29-,30+,31-,32+,33+,34+,36-,37-,38-/m1/s1. The van der Waals surface area contributed by atoms with Crippen LogP contribution in [0.1, 0.15) is 71.6 Å². The molecule has 0 aromatic heterocycles. The predicted octanol–water partition coefficient (Wildman–Crippen LogP) is -2.05. The largest absolute Gasteiger partial charge is 0.432 e. The van der Waals surface area contributed by atoms with Crippen molar-refractivity contribution in [1.82, 2.24) is 0 Å². The zero-order valence-corrected chi connectivity index (χ0v) is 31.4. The van der Waals surface area contributed by atoms with Crippen molar-refractivity contribution in [2.75, 3.05) is 19.8 Å². The van der Waals surface area contributed by atoms with E-state index in [1.807, 2.05) is 6.92 Å². The Morgan fingerprint density at radius 1 is 0.673 bits per heavy atom. The number of hydrogen-bond acceptors (Lipinski definition) is 17. The first kappa shape index (κ1) is 41.8. The van der Waals surface area contributed by atoms with Gasteiger partial charge in [0.05, 0.1) is 25.2 Å². The summed E-state index contributed by atoms with van der Waals surface area (Å²) < 4.78 is 35.4. The molecule has 7 aliphatic rings. The summed E-state index contributed by atoms with van der Waals surface area (Å²) in [6.07, 6.45) is -17.9. The maximum atomic E-state index is 14.8. The van der Waals surface area contributed by atoms with E-state index in [2.05, 4.69) is 13.5 Å². The highest BCUT2D eigenvalue weighted by Gasteiger charge is 2.66. The molecule has 314 valence electrons. The molecule has 7 fully saturated rings. The first-order valence-electron chi connectivity index (χ1n) is 19.8. The molecule has 3 saturated heterocycles. The van der Waals surface area contributed by atoms with E-state index in [-0.39, 0.29) is 16.7 Å². The number of fused-ring (bicyclic) bond motifs is 3. The zero-order chi connectivity index (χ0) is 39.8. The molecule has 3 aliphatic heterocycles. The monoisotopic (exact) mass is 788 g/mol. The average molecular weight is 789 g/mol. The van der Waals surface area contributed by atoms with Crippen molar-refractivity contribution in [3.05, 3.63) is 12.2 Å². The Hall–Kier alpha value is -1.39. The highest BCUT2D eigenvalue weighted by Crippen LogP contribution is 2.72. The van der Waals surface area contributed by atoms with Crippen LogP contribution in [0.5, 0.6) is 0 Å². The topological polar surface area (TPSA) is 275 Å². The first-order chi connectivity index (χ1) is 26.0. The van der Waals surface area contributed by atoms with Crippen LogP contribution in [-0.4, -0.2) is 169 Å². The first-order valence-corrected chi connectivity index (χ1v) is 19.8. The summed E-state index contributed by atoms with van der Waals surface area (Å²) in [4.78, 5) is 14.8. The Morgan fingerprint density at radius 2 is 1.22 bits per heavy atom. The van der Waals surface area contributed by atoms with E-state index in [4.69, 9.17) is 28.4 Å². The molecule has 10 N–H and O–H groups in total. The van der Waals surface area contributed by atoms with Gasteiger partial charge in [-0.05, 0) is 86.9 Å². The third kappa shape index (κ3) is 6.91. The molecule has 1 spiro atoms. The van der Waals surface area contributed by atoms with Gasteiger partial charge in [-0.15, -0.1) is 0 Å². The minimum absolute atomic E-state index is 0.0592. The van der Waals surface area contributed by atoms with Gasteiger partial charge in [0.25, 0.3) is 0 Å². The summed E-state index contributed by atoms with van der Waals surface area (Å²) in [6.45, 7) is 6.22. The fraction of sp³-hybridized carbons (Fsp3) is 0.921. The lowest BCUT2D eigenvalue weighted by molar-refractivity contribution is -0.388. The molecule has 0 unspecified atom stereocenters. The maximum Gasteiger partial charge on any atom is 0.314 e. The Balaban J connectivity index is 1.20. The van der Waals surface area contributed by atoms with E-state index in [0.29, 0.717) is 18.3 Å². The number of aliphatic hydroxyl groups is 10. The highest BCUT2D eigenvalue weighted by atomic mass is 16.8. The Kier molecular flexibility index (Phi) is 11.9. The number of ether oxygens (including phenoxy) is 6. The predicted molar refractivity (Wildman–Crippen MR) is 185 cm³/mol. The van der Waals surface area contributed by atoms with Gasteiger partial charge in [-0.2, -0.15) is 0 Å². The van der Waals surface area contributed by atoms with Crippen molar-refractivity contribution in [1.29, 1.82) is 0 Å². The Labute approximate surface area is 319 Å². The lowest BCUT2D eigenvalue weighted by atomic mass is 9.41. The van der Waals surface area contributed by atoms with Crippen LogP contribution >= 0.6 is 0 Å². The van der Waals surface area contributed by atoms with Gasteiger partial charge in [-0.1, -0.05) is 25.5 Å². The minimum Gasteiger partial charge on any atom is -0.432 e. The molecule has 3 heterocycles. The van der Waals surface area contributed by atoms with Gasteiger partial charge in [-0.3, -0.25) is 4.79 Å². The number of aliphatic hydroxyl groups excluding tert-OH is 10. The zero-order valence-electron chi connectivity index (χ0n) is 31.4. The molecule has 4 saturated carbocycles. The second-order valence-electron chi connectivity index (χ2n) is 17.8.